The Bertz CT molecular complexity index is 846. The molecule has 1 aliphatic heterocycles. The summed E-state index contributed by atoms with van der Waals surface area (Å²) in [7, 11) is 0. The topological polar surface area (TPSA) is 63.2 Å². The van der Waals surface area contributed by atoms with Crippen LogP contribution in [-0.4, -0.2) is 45.4 Å². The van der Waals surface area contributed by atoms with E-state index in [0.717, 1.165) is 12.1 Å². The number of likely N-dealkylation sites (tertiary alicyclic amines) is 1. The van der Waals surface area contributed by atoms with E-state index >= 15 is 0 Å². The van der Waals surface area contributed by atoms with Gasteiger partial charge in [-0.15, -0.1) is 0 Å². The molecule has 148 valence electrons. The normalized spacial score (nSPS) is 17.4. The van der Waals surface area contributed by atoms with E-state index in [2.05, 4.69) is 9.97 Å². The van der Waals surface area contributed by atoms with Gasteiger partial charge in [0.1, 0.15) is 0 Å². The molecule has 2 aromatic rings. The average Bonchev–Trinajstić information content (AvgIpc) is 2.72. The smallest absolute Gasteiger partial charge is 0.341 e. The number of Topliss-reactive ketones (excluding diaryl/α,β-unsaturated/α-hetero) is 1. The first kappa shape index (κ1) is 20.3. The van der Waals surface area contributed by atoms with Crippen molar-refractivity contribution in [3.63, 3.8) is 0 Å². The molecule has 0 aliphatic carbocycles. The Morgan fingerprint density at radius 3 is 2.64 bits per heavy atom. The monoisotopic (exact) mass is 409 g/mol. The van der Waals surface area contributed by atoms with Crippen molar-refractivity contribution in [2.75, 3.05) is 18.8 Å². The number of thioether (sulfide) groups is 1. The fraction of sp³-hybridized carbons (Fsp3) is 0.368. The molecular formula is C19H18F3N3O2S. The van der Waals surface area contributed by atoms with Crippen molar-refractivity contribution in [2.45, 2.75) is 24.2 Å². The summed E-state index contributed by atoms with van der Waals surface area (Å²) >= 11 is 1.21. The Balaban J connectivity index is 1.62. The lowest BCUT2D eigenvalue weighted by molar-refractivity contribution is -0.137. The molecule has 1 amide bonds. The number of halogens is 3. The minimum Gasteiger partial charge on any atom is -0.341 e. The molecule has 1 aliphatic rings. The van der Waals surface area contributed by atoms with E-state index in [0.29, 0.717) is 24.5 Å². The van der Waals surface area contributed by atoms with Crippen molar-refractivity contribution in [2.24, 2.45) is 5.92 Å². The Morgan fingerprint density at radius 2 is 1.93 bits per heavy atom. The molecule has 1 aromatic carbocycles. The van der Waals surface area contributed by atoms with Crippen molar-refractivity contribution in [3.05, 3.63) is 53.9 Å². The van der Waals surface area contributed by atoms with Crippen molar-refractivity contribution < 1.29 is 22.8 Å². The van der Waals surface area contributed by atoms with Gasteiger partial charge in [0.05, 0.1) is 11.3 Å². The van der Waals surface area contributed by atoms with E-state index in [-0.39, 0.29) is 29.6 Å². The maximum atomic E-state index is 12.9. The molecule has 0 radical (unpaired) electrons. The summed E-state index contributed by atoms with van der Waals surface area (Å²) in [6.07, 6.45) is -0.141. The Morgan fingerprint density at radius 1 is 1.18 bits per heavy atom. The molecule has 1 atom stereocenters. The zero-order valence-electron chi connectivity index (χ0n) is 14.9. The first-order valence-electron chi connectivity index (χ1n) is 8.73. The molecule has 28 heavy (non-hydrogen) atoms. The number of carbonyl (C=O) groups excluding carboxylic acids is 2. The fourth-order valence-electron chi connectivity index (χ4n) is 3.08. The zero-order chi connectivity index (χ0) is 20.1. The first-order chi connectivity index (χ1) is 13.3. The molecule has 9 heteroatoms. The van der Waals surface area contributed by atoms with Crippen LogP contribution < -0.4 is 0 Å². The van der Waals surface area contributed by atoms with Crippen molar-refractivity contribution in [1.82, 2.24) is 14.9 Å². The first-order valence-corrected chi connectivity index (χ1v) is 9.72. The number of carbonyl (C=O) groups is 2. The van der Waals surface area contributed by atoms with Gasteiger partial charge >= 0.3 is 6.18 Å². The second-order valence-corrected chi connectivity index (χ2v) is 7.38. The van der Waals surface area contributed by atoms with Gasteiger partial charge in [-0.25, -0.2) is 9.97 Å². The lowest BCUT2D eigenvalue weighted by atomic mass is 9.89. The van der Waals surface area contributed by atoms with E-state index in [1.807, 2.05) is 0 Å². The van der Waals surface area contributed by atoms with Crippen LogP contribution in [0.4, 0.5) is 13.2 Å². The number of amides is 1. The fourth-order valence-corrected chi connectivity index (χ4v) is 3.79. The molecule has 1 fully saturated rings. The van der Waals surface area contributed by atoms with Gasteiger partial charge in [0.25, 0.3) is 0 Å². The van der Waals surface area contributed by atoms with Crippen LogP contribution in [0.5, 0.6) is 0 Å². The van der Waals surface area contributed by atoms with Gasteiger partial charge < -0.3 is 4.90 Å². The van der Waals surface area contributed by atoms with Crippen LogP contribution in [0.3, 0.4) is 0 Å². The lowest BCUT2D eigenvalue weighted by Gasteiger charge is -2.32. The largest absolute Gasteiger partial charge is 0.416 e. The molecule has 0 bridgehead atoms. The molecular weight excluding hydrogens is 391 g/mol. The summed E-state index contributed by atoms with van der Waals surface area (Å²) in [5.74, 6) is -0.852. The van der Waals surface area contributed by atoms with Crippen molar-refractivity contribution in [1.29, 1.82) is 0 Å². The highest BCUT2D eigenvalue weighted by molar-refractivity contribution is 7.99. The van der Waals surface area contributed by atoms with Crippen LogP contribution in [0.15, 0.2) is 47.9 Å². The molecule has 1 aromatic heterocycles. The van der Waals surface area contributed by atoms with Crippen LogP contribution in [0.2, 0.25) is 0 Å². The number of rotatable bonds is 5. The summed E-state index contributed by atoms with van der Waals surface area (Å²) in [4.78, 5) is 34.8. The Hall–Kier alpha value is -2.42. The second kappa shape index (κ2) is 8.72. The highest BCUT2D eigenvalue weighted by atomic mass is 32.2. The molecule has 3 rings (SSSR count). The summed E-state index contributed by atoms with van der Waals surface area (Å²) in [5.41, 5.74) is -0.817. The molecule has 5 nitrogen and oxygen atoms in total. The van der Waals surface area contributed by atoms with Gasteiger partial charge in [-0.3, -0.25) is 9.59 Å². The SMILES string of the molecule is O=C(c1cccc(C(F)(F)F)c1)[C@@H]1CCCN(C(=O)CSc2ncccn2)C1. The van der Waals surface area contributed by atoms with Crippen LogP contribution in [0.1, 0.15) is 28.8 Å². The summed E-state index contributed by atoms with van der Waals surface area (Å²) in [5, 5.41) is 0.490. The molecule has 0 saturated carbocycles. The van der Waals surface area contributed by atoms with Gasteiger partial charge in [0.15, 0.2) is 10.9 Å². The number of piperidine rings is 1. The van der Waals surface area contributed by atoms with Crippen molar-refractivity contribution >= 4 is 23.5 Å². The van der Waals surface area contributed by atoms with E-state index in [1.54, 1.807) is 23.4 Å². The third-order valence-corrected chi connectivity index (χ3v) is 5.35. The Kier molecular flexibility index (Phi) is 6.33. The number of benzene rings is 1. The maximum Gasteiger partial charge on any atom is 0.416 e. The van der Waals surface area contributed by atoms with Crippen molar-refractivity contribution in [3.8, 4) is 0 Å². The number of nitrogens with zero attached hydrogens (tertiary/aromatic N) is 3. The number of hydrogen-bond acceptors (Lipinski definition) is 5. The average molecular weight is 409 g/mol. The van der Waals surface area contributed by atoms with Gasteiger partial charge in [0.2, 0.25) is 5.91 Å². The van der Waals surface area contributed by atoms with E-state index in [4.69, 9.17) is 0 Å². The van der Waals surface area contributed by atoms with Gasteiger partial charge in [-0.1, -0.05) is 23.9 Å². The number of aromatic nitrogens is 2. The number of hydrogen-bond donors (Lipinski definition) is 0. The van der Waals surface area contributed by atoms with Crippen LogP contribution in [-0.2, 0) is 11.0 Å². The third kappa shape index (κ3) is 5.09. The van der Waals surface area contributed by atoms with Gasteiger partial charge in [-0.05, 0) is 31.0 Å². The predicted molar refractivity (Wildman–Crippen MR) is 97.8 cm³/mol. The standard InChI is InChI=1S/C19H18F3N3O2S/c20-19(21,22)15-6-1-4-13(10-15)17(27)14-5-2-9-25(11-14)16(26)12-28-18-23-7-3-8-24-18/h1,3-4,6-8,10,14H,2,5,9,11-12H2/t14-/m1/s1. The highest BCUT2D eigenvalue weighted by Crippen LogP contribution is 2.31. The number of alkyl halides is 3. The summed E-state index contributed by atoms with van der Waals surface area (Å²) in [6, 6.07) is 6.13. The lowest BCUT2D eigenvalue weighted by Crippen LogP contribution is -2.43. The van der Waals surface area contributed by atoms with E-state index in [9.17, 15) is 22.8 Å². The molecule has 0 unspecified atom stereocenters. The zero-order valence-corrected chi connectivity index (χ0v) is 15.7. The van der Waals surface area contributed by atoms with Crippen LogP contribution in [0.25, 0.3) is 0 Å². The van der Waals surface area contributed by atoms with Crippen LogP contribution in [0, 0.1) is 5.92 Å². The molecule has 0 N–H and O–H groups in total. The minimum atomic E-state index is -4.50. The maximum absolute atomic E-state index is 12.9. The molecule has 1 saturated heterocycles. The molecule has 2 heterocycles. The van der Waals surface area contributed by atoms with E-state index < -0.39 is 17.7 Å². The summed E-state index contributed by atoms with van der Waals surface area (Å²) < 4.78 is 38.7. The molecule has 0 spiro atoms. The van der Waals surface area contributed by atoms with Crippen LogP contribution >= 0.6 is 11.8 Å². The second-order valence-electron chi connectivity index (χ2n) is 6.44. The van der Waals surface area contributed by atoms with Gasteiger partial charge in [-0.2, -0.15) is 13.2 Å². The minimum absolute atomic E-state index is 0.0289. The predicted octanol–water partition coefficient (Wildman–Crippen LogP) is 3.71. The van der Waals surface area contributed by atoms with E-state index in [1.165, 1.54) is 23.9 Å². The quantitative estimate of drug-likeness (QED) is 0.428. The third-order valence-electron chi connectivity index (χ3n) is 4.49. The summed E-state index contributed by atoms with van der Waals surface area (Å²) in [6.45, 7) is 0.742. The highest BCUT2D eigenvalue weighted by Gasteiger charge is 2.33. The Labute approximate surface area is 164 Å². The van der Waals surface area contributed by atoms with Gasteiger partial charge in [0, 0.05) is 37.0 Å². The number of ketones is 1.